The summed E-state index contributed by atoms with van der Waals surface area (Å²) in [6, 6.07) is 2.28. The SMILES string of the molecule is CC1CC2=C(S1)c1sccc1C2. The van der Waals surface area contributed by atoms with Gasteiger partial charge in [0.1, 0.15) is 0 Å². The van der Waals surface area contributed by atoms with Crippen LogP contribution in [0.15, 0.2) is 17.0 Å². The molecule has 0 bridgehead atoms. The first kappa shape index (κ1) is 7.22. The summed E-state index contributed by atoms with van der Waals surface area (Å²) in [4.78, 5) is 3.19. The standard InChI is InChI=1S/C10H10S2/c1-6-4-8-5-7-2-3-11-9(7)10(8)12-6/h2-3,6H,4-5H2,1H3. The highest BCUT2D eigenvalue weighted by Gasteiger charge is 2.30. The van der Waals surface area contributed by atoms with Crippen molar-refractivity contribution in [3.05, 3.63) is 27.5 Å². The Kier molecular flexibility index (Phi) is 1.44. The zero-order valence-electron chi connectivity index (χ0n) is 6.96. The third-order valence-electron chi connectivity index (χ3n) is 2.53. The van der Waals surface area contributed by atoms with Crippen molar-refractivity contribution >= 4 is 28.0 Å². The lowest BCUT2D eigenvalue weighted by molar-refractivity contribution is 0.919. The molecule has 3 rings (SSSR count). The average Bonchev–Trinajstić information content (AvgIpc) is 2.59. The first-order chi connectivity index (χ1) is 5.84. The van der Waals surface area contributed by atoms with Crippen molar-refractivity contribution in [3.8, 4) is 0 Å². The third-order valence-corrected chi connectivity index (χ3v) is 4.93. The summed E-state index contributed by atoms with van der Waals surface area (Å²) in [6.07, 6.45) is 2.56. The Balaban J connectivity index is 2.09. The minimum Gasteiger partial charge on any atom is -0.143 e. The van der Waals surface area contributed by atoms with Crippen molar-refractivity contribution in [1.82, 2.24) is 0 Å². The van der Waals surface area contributed by atoms with E-state index in [-0.39, 0.29) is 0 Å². The van der Waals surface area contributed by atoms with Gasteiger partial charge in [0, 0.05) is 15.0 Å². The van der Waals surface area contributed by atoms with Crippen LogP contribution in [0.1, 0.15) is 23.8 Å². The Morgan fingerprint density at radius 2 is 2.42 bits per heavy atom. The molecule has 0 fully saturated rings. The Hall–Kier alpha value is -0.210. The van der Waals surface area contributed by atoms with Crippen LogP contribution in [0.4, 0.5) is 0 Å². The second-order valence-electron chi connectivity index (χ2n) is 3.52. The molecule has 1 atom stereocenters. The number of hydrogen-bond donors (Lipinski definition) is 0. The van der Waals surface area contributed by atoms with Gasteiger partial charge in [0.2, 0.25) is 0 Å². The zero-order valence-corrected chi connectivity index (χ0v) is 8.60. The van der Waals surface area contributed by atoms with E-state index in [1.165, 1.54) is 12.8 Å². The lowest BCUT2D eigenvalue weighted by Gasteiger charge is -2.02. The fourth-order valence-corrected chi connectivity index (χ4v) is 4.48. The first-order valence-corrected chi connectivity index (χ1v) is 6.06. The minimum atomic E-state index is 0.824. The molecule has 0 nitrogen and oxygen atoms in total. The second-order valence-corrected chi connectivity index (χ2v) is 5.88. The summed E-state index contributed by atoms with van der Waals surface area (Å²) >= 11 is 3.99. The average molecular weight is 194 g/mol. The summed E-state index contributed by atoms with van der Waals surface area (Å²) in [5.74, 6) is 0. The monoisotopic (exact) mass is 194 g/mol. The van der Waals surface area contributed by atoms with Gasteiger partial charge in [-0.15, -0.1) is 23.1 Å². The number of thiophene rings is 1. The molecule has 1 aromatic rings. The lowest BCUT2D eigenvalue weighted by Crippen LogP contribution is -1.92. The van der Waals surface area contributed by atoms with Crippen LogP contribution in [0.2, 0.25) is 0 Å². The van der Waals surface area contributed by atoms with Gasteiger partial charge in [-0.2, -0.15) is 0 Å². The molecule has 0 amide bonds. The maximum atomic E-state index is 2.33. The van der Waals surface area contributed by atoms with Gasteiger partial charge >= 0.3 is 0 Å². The molecule has 0 saturated carbocycles. The second kappa shape index (κ2) is 2.39. The van der Waals surface area contributed by atoms with Crippen molar-refractivity contribution in [2.45, 2.75) is 25.0 Å². The molecule has 2 aliphatic rings. The van der Waals surface area contributed by atoms with Crippen LogP contribution in [0.5, 0.6) is 0 Å². The van der Waals surface area contributed by atoms with Crippen LogP contribution in [-0.2, 0) is 6.42 Å². The molecule has 0 radical (unpaired) electrons. The highest BCUT2D eigenvalue weighted by molar-refractivity contribution is 8.09. The fraction of sp³-hybridized carbons (Fsp3) is 0.400. The molecule has 2 heterocycles. The van der Waals surface area contributed by atoms with Gasteiger partial charge in [-0.25, -0.2) is 0 Å². The van der Waals surface area contributed by atoms with Crippen molar-refractivity contribution in [2.75, 3.05) is 0 Å². The van der Waals surface area contributed by atoms with Crippen LogP contribution in [0, 0.1) is 0 Å². The molecule has 62 valence electrons. The largest absolute Gasteiger partial charge is 0.143 e. The van der Waals surface area contributed by atoms with Gasteiger partial charge in [0.15, 0.2) is 0 Å². The molecule has 0 N–H and O–H groups in total. The predicted octanol–water partition coefficient (Wildman–Crippen LogP) is 3.54. The van der Waals surface area contributed by atoms with E-state index >= 15 is 0 Å². The molecule has 1 aliphatic heterocycles. The van der Waals surface area contributed by atoms with Crippen molar-refractivity contribution in [2.24, 2.45) is 0 Å². The van der Waals surface area contributed by atoms with Crippen LogP contribution in [0.25, 0.3) is 4.91 Å². The highest BCUT2D eigenvalue weighted by atomic mass is 32.2. The molecule has 1 aromatic heterocycles. The Morgan fingerprint density at radius 3 is 3.33 bits per heavy atom. The van der Waals surface area contributed by atoms with Gasteiger partial charge < -0.3 is 0 Å². The van der Waals surface area contributed by atoms with Gasteiger partial charge in [-0.1, -0.05) is 6.92 Å². The van der Waals surface area contributed by atoms with Crippen LogP contribution < -0.4 is 0 Å². The van der Waals surface area contributed by atoms with Gasteiger partial charge in [0.05, 0.1) is 0 Å². The van der Waals surface area contributed by atoms with Gasteiger partial charge in [0.25, 0.3) is 0 Å². The number of thioether (sulfide) groups is 1. The maximum absolute atomic E-state index is 2.33. The van der Waals surface area contributed by atoms with E-state index in [1.807, 2.05) is 11.3 Å². The highest BCUT2D eigenvalue weighted by Crippen LogP contribution is 2.51. The zero-order chi connectivity index (χ0) is 8.13. The number of allylic oxidation sites excluding steroid dienone is 1. The summed E-state index contributed by atoms with van der Waals surface area (Å²) in [7, 11) is 0. The minimum absolute atomic E-state index is 0.824. The Labute approximate surface area is 80.7 Å². The summed E-state index contributed by atoms with van der Waals surface area (Å²) in [5.41, 5.74) is 3.28. The molecular weight excluding hydrogens is 184 g/mol. The molecule has 2 heteroatoms. The Morgan fingerprint density at radius 1 is 1.50 bits per heavy atom. The molecule has 0 saturated heterocycles. The van der Waals surface area contributed by atoms with E-state index in [0.29, 0.717) is 0 Å². The number of rotatable bonds is 0. The van der Waals surface area contributed by atoms with Gasteiger partial charge in [-0.05, 0) is 35.4 Å². The normalized spacial score (nSPS) is 26.2. The summed E-state index contributed by atoms with van der Waals surface area (Å²) in [6.45, 7) is 2.33. The van der Waals surface area contributed by atoms with Crippen LogP contribution in [-0.4, -0.2) is 5.25 Å². The Bertz CT molecular complexity index is 360. The molecular formula is C10H10S2. The fourth-order valence-electron chi connectivity index (χ4n) is 2.04. The molecule has 1 unspecified atom stereocenters. The smallest absolute Gasteiger partial charge is 0.0441 e. The van der Waals surface area contributed by atoms with Crippen molar-refractivity contribution < 1.29 is 0 Å². The van der Waals surface area contributed by atoms with E-state index in [2.05, 4.69) is 30.1 Å². The van der Waals surface area contributed by atoms with Crippen molar-refractivity contribution in [3.63, 3.8) is 0 Å². The quantitative estimate of drug-likeness (QED) is 0.608. The molecule has 0 aromatic carbocycles. The first-order valence-electron chi connectivity index (χ1n) is 4.30. The van der Waals surface area contributed by atoms with E-state index in [4.69, 9.17) is 0 Å². The van der Waals surface area contributed by atoms with E-state index in [1.54, 1.807) is 20.9 Å². The van der Waals surface area contributed by atoms with Gasteiger partial charge in [-0.3, -0.25) is 0 Å². The summed E-state index contributed by atoms with van der Waals surface area (Å²) in [5, 5.41) is 3.04. The number of fused-ring (bicyclic) bond motifs is 2. The van der Waals surface area contributed by atoms with E-state index in [9.17, 15) is 0 Å². The lowest BCUT2D eigenvalue weighted by atomic mass is 10.1. The van der Waals surface area contributed by atoms with Crippen molar-refractivity contribution in [1.29, 1.82) is 0 Å². The van der Waals surface area contributed by atoms with Crippen LogP contribution >= 0.6 is 23.1 Å². The van der Waals surface area contributed by atoms with E-state index < -0.39 is 0 Å². The third kappa shape index (κ3) is 0.852. The number of hydrogen-bond acceptors (Lipinski definition) is 2. The topological polar surface area (TPSA) is 0 Å². The van der Waals surface area contributed by atoms with E-state index in [0.717, 1.165) is 5.25 Å². The van der Waals surface area contributed by atoms with Crippen LogP contribution in [0.3, 0.4) is 0 Å². The molecule has 12 heavy (non-hydrogen) atoms. The maximum Gasteiger partial charge on any atom is 0.0441 e. The summed E-state index contributed by atoms with van der Waals surface area (Å²) < 4.78 is 0. The molecule has 1 aliphatic carbocycles. The predicted molar refractivity (Wildman–Crippen MR) is 56.6 cm³/mol. The molecule has 0 spiro atoms.